The summed E-state index contributed by atoms with van der Waals surface area (Å²) < 4.78 is 34.0. The Kier molecular flexibility index (Phi) is 5.89. The minimum Gasteiger partial charge on any atom is -0.496 e. The van der Waals surface area contributed by atoms with Gasteiger partial charge < -0.3 is 18.8 Å². The molecule has 1 saturated heterocycles. The number of oxazole rings is 1. The van der Waals surface area contributed by atoms with Crippen LogP contribution >= 0.6 is 0 Å². The molecule has 0 aliphatic carbocycles. The molecule has 0 unspecified atom stereocenters. The molecule has 0 spiro atoms. The lowest BCUT2D eigenvalue weighted by atomic mass is 9.99. The number of hydrogen-bond acceptors (Lipinski definition) is 6. The summed E-state index contributed by atoms with van der Waals surface area (Å²) in [5.41, 5.74) is 3.42. The van der Waals surface area contributed by atoms with E-state index >= 15 is 4.39 Å². The van der Waals surface area contributed by atoms with Crippen molar-refractivity contribution in [1.29, 1.82) is 0 Å². The van der Waals surface area contributed by atoms with Crippen LogP contribution in [0.1, 0.15) is 51.1 Å². The molecule has 8 nitrogen and oxygen atoms in total. The van der Waals surface area contributed by atoms with E-state index in [9.17, 15) is 4.79 Å². The highest BCUT2D eigenvalue weighted by molar-refractivity contribution is 5.92. The number of carbonyl (C=O) groups is 1. The summed E-state index contributed by atoms with van der Waals surface area (Å²) in [5.74, 6) is 0.797. The Morgan fingerprint density at radius 1 is 1.14 bits per heavy atom. The minimum atomic E-state index is -0.527. The zero-order valence-corrected chi connectivity index (χ0v) is 21.5. The Bertz CT molecular complexity index is 1460. The number of halogens is 1. The van der Waals surface area contributed by atoms with Crippen LogP contribution in [0.2, 0.25) is 0 Å². The fraction of sp³-hybridized carbons (Fsp3) is 0.444. The van der Waals surface area contributed by atoms with Gasteiger partial charge in [0.15, 0.2) is 17.3 Å². The number of benzene rings is 2. The first kappa shape index (κ1) is 24.1. The Hall–Kier alpha value is -3.62. The summed E-state index contributed by atoms with van der Waals surface area (Å²) in [6, 6.07) is 5.32. The highest BCUT2D eigenvalue weighted by Gasteiger charge is 2.28. The van der Waals surface area contributed by atoms with Gasteiger partial charge in [-0.3, -0.25) is 4.68 Å². The Morgan fingerprint density at radius 2 is 1.86 bits per heavy atom. The first-order valence-electron chi connectivity index (χ1n) is 12.2. The van der Waals surface area contributed by atoms with Crippen molar-refractivity contribution in [2.75, 3.05) is 20.2 Å². The third-order valence-corrected chi connectivity index (χ3v) is 6.56. The van der Waals surface area contributed by atoms with Crippen LogP contribution in [-0.2, 0) is 4.74 Å². The molecule has 2 aromatic carbocycles. The van der Waals surface area contributed by atoms with Crippen LogP contribution in [0, 0.1) is 19.7 Å². The lowest BCUT2D eigenvalue weighted by molar-refractivity contribution is 0.0185. The van der Waals surface area contributed by atoms with E-state index in [1.165, 1.54) is 6.07 Å². The van der Waals surface area contributed by atoms with Gasteiger partial charge in [0, 0.05) is 42.7 Å². The second-order valence-electron chi connectivity index (χ2n) is 10.4. The highest BCUT2D eigenvalue weighted by atomic mass is 19.1. The van der Waals surface area contributed by atoms with Crippen LogP contribution in [0.15, 0.2) is 28.8 Å². The number of piperidine rings is 1. The number of aromatic nitrogens is 3. The van der Waals surface area contributed by atoms with Gasteiger partial charge in [0.05, 0.1) is 13.2 Å². The van der Waals surface area contributed by atoms with Gasteiger partial charge in [0.1, 0.15) is 22.4 Å². The molecule has 0 saturated carbocycles. The van der Waals surface area contributed by atoms with Crippen LogP contribution in [0.25, 0.3) is 33.1 Å². The standard InChI is InChI=1S/C27H31FN4O4/c1-15-23-22(35-16(2)29-23)13-20(25(15)34-6)17-11-18-14-32(30-24(18)21(28)12-17)19-7-9-31(10-8-19)26(33)36-27(3,4)5/h11-14,19H,7-10H2,1-6H3. The maximum Gasteiger partial charge on any atom is 0.410 e. The van der Waals surface area contributed by atoms with E-state index in [1.807, 2.05) is 50.7 Å². The number of likely N-dealkylation sites (tertiary alicyclic amines) is 1. The normalized spacial score (nSPS) is 15.1. The molecule has 5 rings (SSSR count). The number of hydrogen-bond donors (Lipinski definition) is 0. The van der Waals surface area contributed by atoms with Gasteiger partial charge in [-0.25, -0.2) is 14.2 Å². The van der Waals surface area contributed by atoms with Crippen LogP contribution in [-0.4, -0.2) is 51.6 Å². The summed E-state index contributed by atoms with van der Waals surface area (Å²) in [6.45, 7) is 10.4. The quantitative estimate of drug-likeness (QED) is 0.338. The van der Waals surface area contributed by atoms with Crippen molar-refractivity contribution >= 4 is 28.1 Å². The van der Waals surface area contributed by atoms with Crippen molar-refractivity contribution < 1.29 is 23.1 Å². The van der Waals surface area contributed by atoms with Crippen LogP contribution in [0.4, 0.5) is 9.18 Å². The molecule has 0 N–H and O–H groups in total. The fourth-order valence-corrected chi connectivity index (χ4v) is 4.89. The van der Waals surface area contributed by atoms with Gasteiger partial charge in [0.25, 0.3) is 0 Å². The third kappa shape index (κ3) is 4.38. The number of carbonyl (C=O) groups excluding carboxylic acids is 1. The van der Waals surface area contributed by atoms with Crippen LogP contribution < -0.4 is 4.74 Å². The molecule has 1 aliphatic rings. The number of fused-ring (bicyclic) bond motifs is 2. The predicted molar refractivity (Wildman–Crippen MR) is 135 cm³/mol. The average Bonchev–Trinajstić information content (AvgIpc) is 3.41. The number of rotatable bonds is 3. The lowest BCUT2D eigenvalue weighted by Gasteiger charge is -2.33. The van der Waals surface area contributed by atoms with Gasteiger partial charge in [-0.1, -0.05) is 0 Å². The Morgan fingerprint density at radius 3 is 2.53 bits per heavy atom. The summed E-state index contributed by atoms with van der Waals surface area (Å²) in [5, 5.41) is 5.26. The molecule has 190 valence electrons. The number of nitrogens with zero attached hydrogens (tertiary/aromatic N) is 4. The van der Waals surface area contributed by atoms with Crippen molar-refractivity contribution in [3.63, 3.8) is 0 Å². The van der Waals surface area contributed by atoms with Crippen molar-refractivity contribution in [1.82, 2.24) is 19.7 Å². The van der Waals surface area contributed by atoms with Gasteiger partial charge in [-0.15, -0.1) is 0 Å². The molecule has 0 bridgehead atoms. The number of methoxy groups -OCH3 is 1. The molecule has 3 heterocycles. The van der Waals surface area contributed by atoms with Crippen molar-refractivity contribution in [2.45, 2.75) is 59.1 Å². The number of ether oxygens (including phenoxy) is 2. The molecular formula is C27H31FN4O4. The van der Waals surface area contributed by atoms with Gasteiger partial charge in [-0.2, -0.15) is 5.10 Å². The summed E-state index contributed by atoms with van der Waals surface area (Å²) in [6.07, 6.45) is 3.02. The molecule has 4 aromatic rings. The molecular weight excluding hydrogens is 463 g/mol. The average molecular weight is 495 g/mol. The number of aryl methyl sites for hydroxylation is 2. The second-order valence-corrected chi connectivity index (χ2v) is 10.4. The smallest absolute Gasteiger partial charge is 0.410 e. The van der Waals surface area contributed by atoms with Gasteiger partial charge in [-0.05, 0) is 64.3 Å². The van der Waals surface area contributed by atoms with Crippen LogP contribution in [0.5, 0.6) is 5.75 Å². The van der Waals surface area contributed by atoms with Crippen molar-refractivity contribution in [3.8, 4) is 16.9 Å². The minimum absolute atomic E-state index is 0.0734. The van der Waals surface area contributed by atoms with E-state index in [2.05, 4.69) is 10.1 Å². The fourth-order valence-electron chi connectivity index (χ4n) is 4.89. The highest BCUT2D eigenvalue weighted by Crippen LogP contribution is 2.40. The second kappa shape index (κ2) is 8.80. The first-order valence-corrected chi connectivity index (χ1v) is 12.2. The molecule has 1 amide bonds. The largest absolute Gasteiger partial charge is 0.496 e. The van der Waals surface area contributed by atoms with E-state index in [-0.39, 0.29) is 12.1 Å². The summed E-state index contributed by atoms with van der Waals surface area (Å²) in [4.78, 5) is 18.6. The molecule has 9 heteroatoms. The first-order chi connectivity index (χ1) is 17.0. The zero-order chi connectivity index (χ0) is 25.8. The van der Waals surface area contributed by atoms with Crippen molar-refractivity contribution in [3.05, 3.63) is 41.7 Å². The molecule has 0 radical (unpaired) electrons. The summed E-state index contributed by atoms with van der Waals surface area (Å²) >= 11 is 0. The van der Waals surface area contributed by atoms with E-state index in [4.69, 9.17) is 13.9 Å². The van der Waals surface area contributed by atoms with Gasteiger partial charge >= 0.3 is 6.09 Å². The maximum absolute atomic E-state index is 15.3. The van der Waals surface area contributed by atoms with E-state index < -0.39 is 11.4 Å². The van der Waals surface area contributed by atoms with Crippen molar-refractivity contribution in [2.24, 2.45) is 0 Å². The molecule has 36 heavy (non-hydrogen) atoms. The summed E-state index contributed by atoms with van der Waals surface area (Å²) in [7, 11) is 1.60. The topological polar surface area (TPSA) is 82.6 Å². The number of amides is 1. The van der Waals surface area contributed by atoms with E-state index in [0.717, 1.165) is 29.5 Å². The SMILES string of the molecule is COc1c(-c2cc(F)c3nn(C4CCN(C(=O)OC(C)(C)C)CC4)cc3c2)cc2oc(C)nc2c1C. The molecule has 1 fully saturated rings. The van der Waals surface area contributed by atoms with E-state index in [0.29, 0.717) is 46.8 Å². The molecule has 0 atom stereocenters. The Balaban J connectivity index is 1.44. The molecule has 1 aliphatic heterocycles. The Labute approximate surface area is 209 Å². The lowest BCUT2D eigenvalue weighted by Crippen LogP contribution is -2.42. The van der Waals surface area contributed by atoms with Gasteiger partial charge in [0.2, 0.25) is 0 Å². The molecule has 2 aromatic heterocycles. The zero-order valence-electron chi connectivity index (χ0n) is 21.5. The maximum atomic E-state index is 15.3. The van der Waals surface area contributed by atoms with Crippen LogP contribution in [0.3, 0.4) is 0 Å². The predicted octanol–water partition coefficient (Wildman–Crippen LogP) is 6.18. The van der Waals surface area contributed by atoms with E-state index in [1.54, 1.807) is 18.9 Å². The third-order valence-electron chi connectivity index (χ3n) is 6.56. The monoisotopic (exact) mass is 494 g/mol.